The van der Waals surface area contributed by atoms with E-state index in [1.807, 2.05) is 53.4 Å². The summed E-state index contributed by atoms with van der Waals surface area (Å²) in [5.41, 5.74) is 5.51. The Bertz CT molecular complexity index is 1690. The van der Waals surface area contributed by atoms with Gasteiger partial charge >= 0.3 is 0 Å². The lowest BCUT2D eigenvalue weighted by molar-refractivity contribution is 0.483. The molecule has 0 radical (unpaired) electrons. The number of ether oxygens (including phenoxy) is 1. The van der Waals surface area contributed by atoms with Crippen LogP contribution in [0.2, 0.25) is 0 Å². The van der Waals surface area contributed by atoms with Crippen LogP contribution in [-0.4, -0.2) is 19.1 Å². The molecule has 33 heavy (non-hydrogen) atoms. The summed E-state index contributed by atoms with van der Waals surface area (Å²) in [7, 11) is 0. The van der Waals surface area contributed by atoms with Crippen LogP contribution in [0.3, 0.4) is 0 Å². The number of nitrogens with zero attached hydrogens (tertiary/aromatic N) is 4. The summed E-state index contributed by atoms with van der Waals surface area (Å²) in [6.07, 6.45) is 11.6. The third-order valence-corrected chi connectivity index (χ3v) is 6.12. The first-order chi connectivity index (χ1) is 16.3. The number of pyridine rings is 1. The molecule has 5 heteroatoms. The van der Waals surface area contributed by atoms with Crippen molar-refractivity contribution in [2.24, 2.45) is 0 Å². The van der Waals surface area contributed by atoms with Crippen LogP contribution in [0.5, 0.6) is 11.5 Å². The minimum Gasteiger partial charge on any atom is -0.457 e. The molecule has 7 rings (SSSR count). The van der Waals surface area contributed by atoms with E-state index in [2.05, 4.69) is 58.1 Å². The van der Waals surface area contributed by atoms with Crippen molar-refractivity contribution >= 4 is 34.0 Å². The van der Waals surface area contributed by atoms with Gasteiger partial charge in [0.1, 0.15) is 17.3 Å². The van der Waals surface area contributed by atoms with Gasteiger partial charge in [0, 0.05) is 47.1 Å². The van der Waals surface area contributed by atoms with E-state index in [9.17, 15) is 0 Å². The first-order valence-electron chi connectivity index (χ1n) is 10.8. The van der Waals surface area contributed by atoms with Crippen molar-refractivity contribution in [3.05, 3.63) is 109 Å². The molecule has 0 saturated carbocycles. The smallest absolute Gasteiger partial charge is 0.144 e. The van der Waals surface area contributed by atoms with Crippen molar-refractivity contribution in [1.82, 2.24) is 19.1 Å². The van der Waals surface area contributed by atoms with Gasteiger partial charge in [-0.2, -0.15) is 0 Å². The molecular formula is C28H18N4O. The zero-order chi connectivity index (χ0) is 21.8. The number of para-hydroxylation sites is 1. The van der Waals surface area contributed by atoms with E-state index in [1.165, 1.54) is 21.9 Å². The van der Waals surface area contributed by atoms with Crippen molar-refractivity contribution in [2.45, 2.75) is 0 Å². The number of hydrogen-bond acceptors (Lipinski definition) is 3. The molecule has 4 heterocycles. The Kier molecular flexibility index (Phi) is 3.78. The van der Waals surface area contributed by atoms with Crippen LogP contribution in [0.1, 0.15) is 11.1 Å². The van der Waals surface area contributed by atoms with Gasteiger partial charge in [-0.25, -0.2) is 9.97 Å². The Morgan fingerprint density at radius 2 is 1.61 bits per heavy atom. The van der Waals surface area contributed by atoms with Gasteiger partial charge in [-0.15, -0.1) is 0 Å². The predicted molar refractivity (Wildman–Crippen MR) is 131 cm³/mol. The second-order valence-corrected chi connectivity index (χ2v) is 8.08. The minimum absolute atomic E-state index is 0.772. The standard InChI is InChI=1S/C28H18N4O/c1-4-19-9-10-20-5-3-13-30-28(20)32-26-17-23(11-12-24(26)25(8-1)27(19)32)33-22-7-2-6-21(16-22)31-15-14-29-18-31/h1-18H. The first kappa shape index (κ1) is 18.0. The summed E-state index contributed by atoms with van der Waals surface area (Å²) >= 11 is 0. The predicted octanol–water partition coefficient (Wildman–Crippen LogP) is 6.64. The van der Waals surface area contributed by atoms with Gasteiger partial charge < -0.3 is 9.30 Å². The van der Waals surface area contributed by atoms with Gasteiger partial charge in [-0.3, -0.25) is 4.57 Å². The highest BCUT2D eigenvalue weighted by atomic mass is 16.5. The van der Waals surface area contributed by atoms with E-state index in [4.69, 9.17) is 9.72 Å². The van der Waals surface area contributed by atoms with Crippen LogP contribution in [0.4, 0.5) is 0 Å². The minimum atomic E-state index is 0.772. The van der Waals surface area contributed by atoms with E-state index < -0.39 is 0 Å². The SMILES string of the molecule is C1=Cc2cccc3c4ccc(Oc5cccc(-n6ccnc6)c5)cc4n(c23)-c2ncccc21. The molecule has 1 aliphatic heterocycles. The molecule has 0 amide bonds. The highest BCUT2D eigenvalue weighted by Gasteiger charge is 2.19. The second kappa shape index (κ2) is 6.93. The molecular weight excluding hydrogens is 408 g/mol. The van der Waals surface area contributed by atoms with Gasteiger partial charge in [0.15, 0.2) is 0 Å². The van der Waals surface area contributed by atoms with Gasteiger partial charge in [0.25, 0.3) is 0 Å². The van der Waals surface area contributed by atoms with E-state index in [0.29, 0.717) is 0 Å². The average Bonchev–Trinajstić information content (AvgIpc) is 3.46. The van der Waals surface area contributed by atoms with Gasteiger partial charge in [-0.1, -0.05) is 36.4 Å². The molecule has 0 N–H and O–H groups in total. The highest BCUT2D eigenvalue weighted by molar-refractivity contribution is 6.13. The Morgan fingerprint density at radius 1 is 0.727 bits per heavy atom. The molecule has 6 aromatic rings. The maximum absolute atomic E-state index is 6.31. The number of imidazole rings is 1. The Balaban J connectivity index is 1.41. The number of hydrogen-bond donors (Lipinski definition) is 0. The number of fused-ring (bicyclic) bond motifs is 5. The molecule has 0 saturated heterocycles. The maximum Gasteiger partial charge on any atom is 0.144 e. The van der Waals surface area contributed by atoms with Crippen molar-refractivity contribution in [1.29, 1.82) is 0 Å². The molecule has 5 nitrogen and oxygen atoms in total. The monoisotopic (exact) mass is 426 g/mol. The molecule has 1 aliphatic rings. The molecule has 0 atom stereocenters. The molecule has 0 spiro atoms. The lowest BCUT2D eigenvalue weighted by atomic mass is 10.1. The molecule has 0 bridgehead atoms. The topological polar surface area (TPSA) is 44.9 Å². The van der Waals surface area contributed by atoms with Crippen LogP contribution in [0, 0.1) is 0 Å². The summed E-state index contributed by atoms with van der Waals surface area (Å²) in [6.45, 7) is 0. The summed E-state index contributed by atoms with van der Waals surface area (Å²) in [5, 5.41) is 2.39. The second-order valence-electron chi connectivity index (χ2n) is 8.08. The van der Waals surface area contributed by atoms with Gasteiger partial charge in [-0.05, 0) is 42.0 Å². The lowest BCUT2D eigenvalue weighted by Gasteiger charge is -2.11. The lowest BCUT2D eigenvalue weighted by Crippen LogP contribution is -1.99. The van der Waals surface area contributed by atoms with Gasteiger partial charge in [0.2, 0.25) is 0 Å². The van der Waals surface area contributed by atoms with Crippen molar-refractivity contribution in [2.75, 3.05) is 0 Å². The van der Waals surface area contributed by atoms with Crippen molar-refractivity contribution in [3.63, 3.8) is 0 Å². The van der Waals surface area contributed by atoms with Crippen LogP contribution in [0.25, 0.3) is 45.5 Å². The Morgan fingerprint density at radius 3 is 2.55 bits per heavy atom. The van der Waals surface area contributed by atoms with E-state index in [1.54, 1.807) is 12.5 Å². The quantitative estimate of drug-likeness (QED) is 0.318. The molecule has 0 aliphatic carbocycles. The summed E-state index contributed by atoms with van der Waals surface area (Å²) in [5.74, 6) is 2.48. The average molecular weight is 426 g/mol. The fraction of sp³-hybridized carbons (Fsp3) is 0. The molecule has 0 fully saturated rings. The highest BCUT2D eigenvalue weighted by Crippen LogP contribution is 2.39. The van der Waals surface area contributed by atoms with Crippen LogP contribution in [0.15, 0.2) is 97.7 Å². The third-order valence-electron chi connectivity index (χ3n) is 6.12. The fourth-order valence-corrected chi connectivity index (χ4v) is 4.65. The zero-order valence-corrected chi connectivity index (χ0v) is 17.6. The number of benzene rings is 3. The summed E-state index contributed by atoms with van der Waals surface area (Å²) in [6, 6.07) is 24.8. The van der Waals surface area contributed by atoms with Gasteiger partial charge in [0.05, 0.1) is 23.0 Å². The first-order valence-corrected chi connectivity index (χ1v) is 10.8. The Labute approximate surface area is 189 Å². The molecule has 3 aromatic heterocycles. The van der Waals surface area contributed by atoms with E-state index in [-0.39, 0.29) is 0 Å². The number of rotatable bonds is 3. The van der Waals surface area contributed by atoms with Crippen LogP contribution < -0.4 is 4.74 Å². The normalized spacial score (nSPS) is 12.1. The van der Waals surface area contributed by atoms with Crippen molar-refractivity contribution in [3.8, 4) is 23.0 Å². The van der Waals surface area contributed by atoms with E-state index >= 15 is 0 Å². The molecule has 0 unspecified atom stereocenters. The molecule has 156 valence electrons. The summed E-state index contributed by atoms with van der Waals surface area (Å²) in [4.78, 5) is 8.87. The fourth-order valence-electron chi connectivity index (χ4n) is 4.65. The number of aromatic nitrogens is 4. The van der Waals surface area contributed by atoms with Crippen molar-refractivity contribution < 1.29 is 4.74 Å². The van der Waals surface area contributed by atoms with E-state index in [0.717, 1.165) is 34.1 Å². The zero-order valence-electron chi connectivity index (χ0n) is 17.6. The van der Waals surface area contributed by atoms with Crippen LogP contribution >= 0.6 is 0 Å². The Hall–Kier alpha value is -4.64. The molecule has 3 aromatic carbocycles. The third kappa shape index (κ3) is 2.79. The summed E-state index contributed by atoms with van der Waals surface area (Å²) < 4.78 is 10.5. The largest absolute Gasteiger partial charge is 0.457 e. The maximum atomic E-state index is 6.31. The van der Waals surface area contributed by atoms with Crippen LogP contribution in [-0.2, 0) is 0 Å².